The molecule has 2 aliphatic rings. The van der Waals surface area contributed by atoms with E-state index in [1.807, 2.05) is 0 Å². The van der Waals surface area contributed by atoms with E-state index in [1.54, 1.807) is 6.07 Å². The number of likely N-dealkylation sites (tertiary alicyclic amines) is 1. The lowest BCUT2D eigenvalue weighted by Gasteiger charge is -2.39. The zero-order valence-electron chi connectivity index (χ0n) is 12.8. The summed E-state index contributed by atoms with van der Waals surface area (Å²) in [5.74, 6) is 0.480. The number of non-ortho nitro benzene ring substituents is 1. The van der Waals surface area contributed by atoms with Crippen molar-refractivity contribution in [2.75, 3.05) is 13.1 Å². The number of nitrogens with zero attached hydrogens (tertiary/aromatic N) is 2. The SMILES string of the molecule is O=C1C[C@H]([C@H]2CCCCN2Cc2ccc([N+](=O)[O-])cc2Cl)CN1. The molecule has 0 saturated carbocycles. The molecule has 0 aliphatic carbocycles. The first-order valence-electron chi connectivity index (χ1n) is 7.98. The molecule has 1 amide bonds. The first-order valence-corrected chi connectivity index (χ1v) is 8.36. The highest BCUT2D eigenvalue weighted by molar-refractivity contribution is 6.31. The van der Waals surface area contributed by atoms with Gasteiger partial charge in [0.1, 0.15) is 0 Å². The van der Waals surface area contributed by atoms with Gasteiger partial charge in [0.25, 0.3) is 5.69 Å². The summed E-state index contributed by atoms with van der Waals surface area (Å²) < 4.78 is 0. The van der Waals surface area contributed by atoms with E-state index in [2.05, 4.69) is 10.2 Å². The summed E-state index contributed by atoms with van der Waals surface area (Å²) in [4.78, 5) is 24.3. The summed E-state index contributed by atoms with van der Waals surface area (Å²) in [5.41, 5.74) is 0.918. The third-order valence-corrected chi connectivity index (χ3v) is 5.19. The maximum absolute atomic E-state index is 11.5. The van der Waals surface area contributed by atoms with Crippen molar-refractivity contribution in [3.63, 3.8) is 0 Å². The topological polar surface area (TPSA) is 75.5 Å². The number of halogens is 1. The largest absolute Gasteiger partial charge is 0.356 e. The molecule has 2 saturated heterocycles. The van der Waals surface area contributed by atoms with Gasteiger partial charge in [-0.05, 0) is 31.0 Å². The fourth-order valence-electron chi connectivity index (χ4n) is 3.64. The molecule has 0 aromatic heterocycles. The molecule has 2 atom stereocenters. The van der Waals surface area contributed by atoms with E-state index in [0.29, 0.717) is 29.9 Å². The molecule has 124 valence electrons. The van der Waals surface area contributed by atoms with Crippen molar-refractivity contribution in [1.82, 2.24) is 10.2 Å². The Kier molecular flexibility index (Phi) is 4.82. The molecule has 23 heavy (non-hydrogen) atoms. The van der Waals surface area contributed by atoms with Crippen LogP contribution in [0, 0.1) is 16.0 Å². The van der Waals surface area contributed by atoms with E-state index in [-0.39, 0.29) is 11.6 Å². The van der Waals surface area contributed by atoms with Crippen LogP contribution in [0.25, 0.3) is 0 Å². The van der Waals surface area contributed by atoms with E-state index in [4.69, 9.17) is 11.6 Å². The summed E-state index contributed by atoms with van der Waals surface area (Å²) in [6.07, 6.45) is 3.99. The lowest BCUT2D eigenvalue weighted by Crippen LogP contribution is -2.44. The zero-order valence-corrected chi connectivity index (χ0v) is 13.6. The van der Waals surface area contributed by atoms with Crippen LogP contribution in [0.5, 0.6) is 0 Å². The Labute approximate surface area is 139 Å². The summed E-state index contributed by atoms with van der Waals surface area (Å²) >= 11 is 6.23. The summed E-state index contributed by atoms with van der Waals surface area (Å²) in [7, 11) is 0. The molecule has 2 heterocycles. The van der Waals surface area contributed by atoms with Gasteiger partial charge in [0.2, 0.25) is 5.91 Å². The second kappa shape index (κ2) is 6.84. The van der Waals surface area contributed by atoms with Crippen LogP contribution in [0.1, 0.15) is 31.2 Å². The molecular weight excluding hydrogens is 318 g/mol. The van der Waals surface area contributed by atoms with Crippen LogP contribution in [0.2, 0.25) is 5.02 Å². The monoisotopic (exact) mass is 337 g/mol. The van der Waals surface area contributed by atoms with Crippen molar-refractivity contribution in [3.05, 3.63) is 38.9 Å². The fraction of sp³-hybridized carbons (Fsp3) is 0.562. The predicted molar refractivity (Wildman–Crippen MR) is 87.3 cm³/mol. The van der Waals surface area contributed by atoms with Crippen molar-refractivity contribution in [3.8, 4) is 0 Å². The average Bonchev–Trinajstić information content (AvgIpc) is 2.96. The second-order valence-electron chi connectivity index (χ2n) is 6.33. The molecule has 3 rings (SSSR count). The number of benzene rings is 1. The molecule has 6 nitrogen and oxygen atoms in total. The number of nitro groups is 1. The van der Waals surface area contributed by atoms with Crippen molar-refractivity contribution in [2.45, 2.75) is 38.3 Å². The zero-order chi connectivity index (χ0) is 16.4. The van der Waals surface area contributed by atoms with Gasteiger partial charge in [-0.2, -0.15) is 0 Å². The lowest BCUT2D eigenvalue weighted by molar-refractivity contribution is -0.384. The highest BCUT2D eigenvalue weighted by Crippen LogP contribution is 2.31. The van der Waals surface area contributed by atoms with E-state index >= 15 is 0 Å². The number of rotatable bonds is 4. The van der Waals surface area contributed by atoms with Gasteiger partial charge >= 0.3 is 0 Å². The summed E-state index contributed by atoms with van der Waals surface area (Å²) in [5, 5.41) is 14.2. The van der Waals surface area contributed by atoms with Crippen LogP contribution in [0.15, 0.2) is 18.2 Å². The van der Waals surface area contributed by atoms with Gasteiger partial charge in [-0.15, -0.1) is 0 Å². The molecule has 0 bridgehead atoms. The van der Waals surface area contributed by atoms with Crippen LogP contribution in [0.4, 0.5) is 5.69 Å². The maximum Gasteiger partial charge on any atom is 0.270 e. The van der Waals surface area contributed by atoms with Crippen LogP contribution in [0.3, 0.4) is 0 Å². The Bertz CT molecular complexity index is 623. The quantitative estimate of drug-likeness (QED) is 0.677. The fourth-order valence-corrected chi connectivity index (χ4v) is 3.88. The van der Waals surface area contributed by atoms with E-state index in [0.717, 1.165) is 31.5 Å². The smallest absolute Gasteiger partial charge is 0.270 e. The minimum atomic E-state index is -0.435. The van der Waals surface area contributed by atoms with Crippen molar-refractivity contribution in [2.24, 2.45) is 5.92 Å². The van der Waals surface area contributed by atoms with Gasteiger partial charge < -0.3 is 5.32 Å². The van der Waals surface area contributed by atoms with Crippen LogP contribution in [-0.2, 0) is 11.3 Å². The number of hydrogen-bond acceptors (Lipinski definition) is 4. The minimum absolute atomic E-state index is 0.0135. The second-order valence-corrected chi connectivity index (χ2v) is 6.74. The van der Waals surface area contributed by atoms with E-state index < -0.39 is 4.92 Å². The van der Waals surface area contributed by atoms with Gasteiger partial charge in [0, 0.05) is 43.6 Å². The minimum Gasteiger partial charge on any atom is -0.356 e. The van der Waals surface area contributed by atoms with Crippen LogP contribution < -0.4 is 5.32 Å². The van der Waals surface area contributed by atoms with Crippen molar-refractivity contribution in [1.29, 1.82) is 0 Å². The predicted octanol–water partition coefficient (Wildman–Crippen LogP) is 2.74. The number of nitro benzene ring substituents is 1. The number of carbonyl (C=O) groups excluding carboxylic acids is 1. The average molecular weight is 338 g/mol. The Morgan fingerprint density at radius 2 is 2.22 bits per heavy atom. The standard InChI is InChI=1S/C16H20ClN3O3/c17-14-8-13(20(22)23)5-4-11(14)10-19-6-2-1-3-15(19)12-7-16(21)18-9-12/h4-5,8,12,15H,1-3,6-7,9-10H2,(H,18,21)/t12-,15+/m0/s1. The molecule has 1 aromatic rings. The normalized spacial score (nSPS) is 25.3. The van der Waals surface area contributed by atoms with Crippen molar-refractivity contribution < 1.29 is 9.72 Å². The molecule has 0 unspecified atom stereocenters. The van der Waals surface area contributed by atoms with Gasteiger partial charge in [-0.1, -0.05) is 18.0 Å². The van der Waals surface area contributed by atoms with E-state index in [1.165, 1.54) is 18.6 Å². The molecule has 0 spiro atoms. The Morgan fingerprint density at radius 1 is 1.39 bits per heavy atom. The first-order chi connectivity index (χ1) is 11.0. The highest BCUT2D eigenvalue weighted by Gasteiger charge is 2.34. The van der Waals surface area contributed by atoms with Gasteiger partial charge in [-0.25, -0.2) is 0 Å². The van der Waals surface area contributed by atoms with Gasteiger partial charge in [0.05, 0.1) is 9.95 Å². The van der Waals surface area contributed by atoms with Crippen LogP contribution >= 0.6 is 11.6 Å². The Hall–Kier alpha value is -1.66. The number of nitrogens with one attached hydrogen (secondary N) is 1. The molecule has 7 heteroatoms. The van der Waals surface area contributed by atoms with Crippen molar-refractivity contribution >= 4 is 23.2 Å². The molecule has 2 aliphatic heterocycles. The van der Waals surface area contributed by atoms with Gasteiger partial charge in [-0.3, -0.25) is 19.8 Å². The molecule has 2 fully saturated rings. The summed E-state index contributed by atoms with van der Waals surface area (Å²) in [6, 6.07) is 5.02. The first kappa shape index (κ1) is 16.2. The highest BCUT2D eigenvalue weighted by atomic mass is 35.5. The Balaban J connectivity index is 1.74. The number of hydrogen-bond donors (Lipinski definition) is 1. The maximum atomic E-state index is 11.5. The van der Waals surface area contributed by atoms with E-state index in [9.17, 15) is 14.9 Å². The molecule has 1 N–H and O–H groups in total. The molecular formula is C16H20ClN3O3. The summed E-state index contributed by atoms with van der Waals surface area (Å²) in [6.45, 7) is 2.39. The third-order valence-electron chi connectivity index (χ3n) is 4.84. The third kappa shape index (κ3) is 3.64. The van der Waals surface area contributed by atoms with Gasteiger partial charge in [0.15, 0.2) is 0 Å². The molecule has 0 radical (unpaired) electrons. The number of carbonyl (C=O) groups is 1. The Morgan fingerprint density at radius 3 is 2.87 bits per heavy atom. The molecule has 1 aromatic carbocycles. The number of amides is 1. The van der Waals surface area contributed by atoms with Crippen LogP contribution in [-0.4, -0.2) is 34.9 Å². The number of piperidine rings is 1. The lowest BCUT2D eigenvalue weighted by atomic mass is 9.89.